The summed E-state index contributed by atoms with van der Waals surface area (Å²) >= 11 is 0. The Morgan fingerprint density at radius 3 is 2.59 bits per heavy atom. The summed E-state index contributed by atoms with van der Waals surface area (Å²) in [5, 5.41) is 3.99. The molecule has 1 aliphatic heterocycles. The number of para-hydroxylation sites is 1. The van der Waals surface area contributed by atoms with Crippen LogP contribution in [-0.4, -0.2) is 33.9 Å². The number of carbonyl (C=O) groups is 1. The zero-order chi connectivity index (χ0) is 19.6. The summed E-state index contributed by atoms with van der Waals surface area (Å²) in [6.45, 7) is 1.27. The molecule has 4 aromatic rings. The number of fused-ring (bicyclic) bond motifs is 1. The van der Waals surface area contributed by atoms with Crippen molar-refractivity contribution in [2.24, 2.45) is 5.92 Å². The number of aromatic nitrogens is 3. The number of amides is 1. The van der Waals surface area contributed by atoms with E-state index in [0.717, 1.165) is 33.7 Å². The first-order valence-electron chi connectivity index (χ1n) is 9.54. The lowest BCUT2D eigenvalue weighted by atomic mass is 9.99. The van der Waals surface area contributed by atoms with Gasteiger partial charge in [0.05, 0.1) is 29.0 Å². The van der Waals surface area contributed by atoms with Gasteiger partial charge in [-0.25, -0.2) is 9.97 Å². The van der Waals surface area contributed by atoms with Crippen molar-refractivity contribution in [2.45, 2.75) is 0 Å². The first-order chi connectivity index (χ1) is 14.3. The topological polar surface area (TPSA) is 71.0 Å². The predicted octanol–water partition coefficient (Wildman–Crippen LogP) is 3.77. The van der Waals surface area contributed by atoms with E-state index in [2.05, 4.69) is 25.2 Å². The number of anilines is 2. The molecule has 0 radical (unpaired) electrons. The van der Waals surface area contributed by atoms with E-state index in [1.54, 1.807) is 12.5 Å². The lowest BCUT2D eigenvalue weighted by Crippen LogP contribution is -2.52. The van der Waals surface area contributed by atoms with E-state index in [-0.39, 0.29) is 11.8 Å². The van der Waals surface area contributed by atoms with Crippen LogP contribution in [0.25, 0.3) is 22.2 Å². The highest BCUT2D eigenvalue weighted by Crippen LogP contribution is 2.27. The van der Waals surface area contributed by atoms with Crippen molar-refractivity contribution >= 4 is 28.3 Å². The summed E-state index contributed by atoms with van der Waals surface area (Å²) in [6.07, 6.45) is 3.28. The van der Waals surface area contributed by atoms with Crippen molar-refractivity contribution < 1.29 is 4.79 Å². The van der Waals surface area contributed by atoms with Crippen molar-refractivity contribution in [2.75, 3.05) is 23.3 Å². The molecule has 5 rings (SSSR count). The van der Waals surface area contributed by atoms with E-state index < -0.39 is 0 Å². The average Bonchev–Trinajstić information content (AvgIpc) is 2.73. The van der Waals surface area contributed by atoms with Crippen LogP contribution < -0.4 is 10.2 Å². The van der Waals surface area contributed by atoms with E-state index >= 15 is 0 Å². The van der Waals surface area contributed by atoms with Crippen LogP contribution in [0.2, 0.25) is 0 Å². The molecule has 1 aliphatic rings. The Morgan fingerprint density at radius 2 is 1.72 bits per heavy atom. The summed E-state index contributed by atoms with van der Waals surface area (Å²) in [5.74, 6) is 0.780. The molecule has 0 unspecified atom stereocenters. The van der Waals surface area contributed by atoms with Gasteiger partial charge in [0.25, 0.3) is 0 Å². The Bertz CT molecular complexity index is 1170. The SMILES string of the molecule is O=C(Nc1cnc2ccccc2c1)C1CN(c2cc(-c3ccccc3)ncn2)C1. The van der Waals surface area contributed by atoms with Gasteiger partial charge in [-0.2, -0.15) is 0 Å². The molecule has 2 aromatic carbocycles. The number of hydrogen-bond donors (Lipinski definition) is 1. The lowest BCUT2D eigenvalue weighted by molar-refractivity contribution is -0.120. The summed E-state index contributed by atoms with van der Waals surface area (Å²) in [7, 11) is 0. The molecule has 1 saturated heterocycles. The fourth-order valence-corrected chi connectivity index (χ4v) is 3.50. The monoisotopic (exact) mass is 381 g/mol. The van der Waals surface area contributed by atoms with Crippen LogP contribution in [0.15, 0.2) is 79.3 Å². The Hall–Kier alpha value is -3.80. The Morgan fingerprint density at radius 1 is 0.931 bits per heavy atom. The Kier molecular flexibility index (Phi) is 4.37. The Balaban J connectivity index is 1.24. The van der Waals surface area contributed by atoms with E-state index in [1.165, 1.54) is 0 Å². The maximum Gasteiger partial charge on any atom is 0.231 e. The lowest BCUT2D eigenvalue weighted by Gasteiger charge is -2.39. The molecular formula is C23H19N5O. The van der Waals surface area contributed by atoms with Gasteiger partial charge >= 0.3 is 0 Å². The molecular weight excluding hydrogens is 362 g/mol. The normalized spacial score (nSPS) is 13.9. The fraction of sp³-hybridized carbons (Fsp3) is 0.130. The molecule has 0 atom stereocenters. The van der Waals surface area contributed by atoms with Crippen molar-refractivity contribution in [3.05, 3.63) is 79.3 Å². The molecule has 1 fully saturated rings. The van der Waals surface area contributed by atoms with Gasteiger partial charge in [0.15, 0.2) is 0 Å². The molecule has 3 heterocycles. The van der Waals surface area contributed by atoms with Crippen LogP contribution in [0.4, 0.5) is 11.5 Å². The Labute approximate surface area is 168 Å². The predicted molar refractivity (Wildman–Crippen MR) is 114 cm³/mol. The van der Waals surface area contributed by atoms with Crippen LogP contribution >= 0.6 is 0 Å². The third kappa shape index (κ3) is 3.52. The largest absolute Gasteiger partial charge is 0.355 e. The van der Waals surface area contributed by atoms with Gasteiger partial charge in [0.1, 0.15) is 12.1 Å². The second-order valence-electron chi connectivity index (χ2n) is 7.14. The van der Waals surface area contributed by atoms with Gasteiger partial charge in [0, 0.05) is 30.1 Å². The van der Waals surface area contributed by atoms with E-state index in [4.69, 9.17) is 0 Å². The van der Waals surface area contributed by atoms with Gasteiger partial charge in [-0.3, -0.25) is 9.78 Å². The van der Waals surface area contributed by atoms with E-state index in [1.807, 2.05) is 66.7 Å². The first-order valence-corrected chi connectivity index (χ1v) is 9.54. The smallest absolute Gasteiger partial charge is 0.231 e. The molecule has 6 heteroatoms. The van der Waals surface area contributed by atoms with E-state index in [9.17, 15) is 4.79 Å². The molecule has 2 aromatic heterocycles. The van der Waals surface area contributed by atoms with Crippen molar-refractivity contribution in [3.8, 4) is 11.3 Å². The quantitative estimate of drug-likeness (QED) is 0.583. The number of pyridine rings is 1. The number of rotatable bonds is 4. The maximum atomic E-state index is 12.6. The summed E-state index contributed by atoms with van der Waals surface area (Å²) < 4.78 is 0. The minimum atomic E-state index is -0.0726. The number of nitrogens with one attached hydrogen (secondary N) is 1. The van der Waals surface area contributed by atoms with Gasteiger partial charge in [0.2, 0.25) is 5.91 Å². The zero-order valence-corrected chi connectivity index (χ0v) is 15.7. The number of hydrogen-bond acceptors (Lipinski definition) is 5. The highest BCUT2D eigenvalue weighted by molar-refractivity contribution is 5.96. The highest BCUT2D eigenvalue weighted by Gasteiger charge is 2.33. The van der Waals surface area contributed by atoms with Crippen LogP contribution in [0.5, 0.6) is 0 Å². The van der Waals surface area contributed by atoms with Gasteiger partial charge < -0.3 is 10.2 Å². The summed E-state index contributed by atoms with van der Waals surface area (Å²) in [6, 6.07) is 21.8. The molecule has 0 saturated carbocycles. The molecule has 142 valence electrons. The van der Waals surface area contributed by atoms with Crippen LogP contribution in [0.1, 0.15) is 0 Å². The van der Waals surface area contributed by atoms with Gasteiger partial charge in [-0.1, -0.05) is 48.5 Å². The molecule has 0 spiro atoms. The summed E-state index contributed by atoms with van der Waals surface area (Å²) in [5.41, 5.74) is 3.57. The van der Waals surface area contributed by atoms with Crippen molar-refractivity contribution in [1.29, 1.82) is 0 Å². The highest BCUT2D eigenvalue weighted by atomic mass is 16.2. The van der Waals surface area contributed by atoms with Crippen LogP contribution in [0, 0.1) is 5.92 Å². The number of carbonyl (C=O) groups excluding carboxylic acids is 1. The van der Waals surface area contributed by atoms with Crippen molar-refractivity contribution in [1.82, 2.24) is 15.0 Å². The molecule has 1 N–H and O–H groups in total. The third-order valence-electron chi connectivity index (χ3n) is 5.16. The standard InChI is InChI=1S/C23H19N5O/c29-23(27-19-10-17-8-4-5-9-20(17)24-12-19)18-13-28(14-18)22-11-21(25-15-26-22)16-6-2-1-3-7-16/h1-12,15,18H,13-14H2,(H,27,29). The number of benzene rings is 2. The first kappa shape index (κ1) is 17.3. The molecule has 1 amide bonds. The summed E-state index contributed by atoms with van der Waals surface area (Å²) in [4.78, 5) is 27.8. The molecule has 29 heavy (non-hydrogen) atoms. The zero-order valence-electron chi connectivity index (χ0n) is 15.7. The van der Waals surface area contributed by atoms with Crippen LogP contribution in [-0.2, 0) is 4.79 Å². The fourth-order valence-electron chi connectivity index (χ4n) is 3.50. The molecule has 0 aliphatic carbocycles. The third-order valence-corrected chi connectivity index (χ3v) is 5.16. The maximum absolute atomic E-state index is 12.6. The average molecular weight is 381 g/mol. The van der Waals surface area contributed by atoms with Gasteiger partial charge in [-0.05, 0) is 12.1 Å². The van der Waals surface area contributed by atoms with E-state index in [0.29, 0.717) is 13.1 Å². The second-order valence-corrected chi connectivity index (χ2v) is 7.14. The van der Waals surface area contributed by atoms with Crippen molar-refractivity contribution in [3.63, 3.8) is 0 Å². The number of nitrogens with zero attached hydrogens (tertiary/aromatic N) is 4. The van der Waals surface area contributed by atoms with Gasteiger partial charge in [-0.15, -0.1) is 0 Å². The van der Waals surface area contributed by atoms with Crippen LogP contribution in [0.3, 0.4) is 0 Å². The second kappa shape index (κ2) is 7.31. The molecule has 0 bridgehead atoms. The minimum Gasteiger partial charge on any atom is -0.355 e. The minimum absolute atomic E-state index is 0.00988. The molecule has 6 nitrogen and oxygen atoms in total.